The molecule has 0 fully saturated rings. The van der Waals surface area contributed by atoms with Crippen LogP contribution in [-0.2, 0) is 0 Å². The lowest BCUT2D eigenvalue weighted by Gasteiger charge is -2.27. The van der Waals surface area contributed by atoms with Crippen LogP contribution in [0.5, 0.6) is 5.75 Å². The molecule has 1 atom stereocenters. The van der Waals surface area contributed by atoms with E-state index >= 15 is 0 Å². The minimum absolute atomic E-state index is 0.0658. The first-order valence-electron chi connectivity index (χ1n) is 5.72. The van der Waals surface area contributed by atoms with Crippen LogP contribution in [0, 0.1) is 5.82 Å². The topological polar surface area (TPSA) is 58.6 Å². The van der Waals surface area contributed by atoms with E-state index < -0.39 is 17.3 Å². The van der Waals surface area contributed by atoms with Crippen LogP contribution in [0.15, 0.2) is 18.2 Å². The summed E-state index contributed by atoms with van der Waals surface area (Å²) in [6, 6.07) is 4.02. The molecule has 0 radical (unpaired) electrons. The number of carbonyl (C=O) groups is 1. The first-order chi connectivity index (χ1) is 8.45. The Labute approximate surface area is 106 Å². The number of benzene rings is 1. The lowest BCUT2D eigenvalue weighted by molar-refractivity contribution is 0.0843. The summed E-state index contributed by atoms with van der Waals surface area (Å²) in [6.07, 6.45) is 0.549. The molecule has 1 rings (SSSR count). The van der Waals surface area contributed by atoms with Gasteiger partial charge in [-0.2, -0.15) is 0 Å². The number of hydrogen-bond donors (Lipinski definition) is 2. The van der Waals surface area contributed by atoms with Gasteiger partial charge in [0.15, 0.2) is 0 Å². The number of rotatable bonds is 5. The molecule has 0 saturated heterocycles. The predicted octanol–water partition coefficient (Wildman–Crippen LogP) is 1.73. The lowest BCUT2D eigenvalue weighted by atomic mass is 9.99. The number of nitrogens with one attached hydrogen (secondary N) is 1. The monoisotopic (exact) mass is 255 g/mol. The molecule has 0 aromatic heterocycles. The number of aliphatic hydroxyl groups is 1. The summed E-state index contributed by atoms with van der Waals surface area (Å²) in [5.74, 6) is -0.846. The molecule has 0 aliphatic carbocycles. The molecule has 0 aliphatic heterocycles. The second kappa shape index (κ2) is 5.82. The Morgan fingerprint density at radius 3 is 2.67 bits per heavy atom. The van der Waals surface area contributed by atoms with Gasteiger partial charge in [-0.25, -0.2) is 4.39 Å². The van der Waals surface area contributed by atoms with Crippen molar-refractivity contribution in [2.45, 2.75) is 25.8 Å². The zero-order valence-corrected chi connectivity index (χ0v) is 10.8. The maximum atomic E-state index is 13.7. The van der Waals surface area contributed by atoms with Crippen LogP contribution in [0.25, 0.3) is 0 Å². The third kappa shape index (κ3) is 3.20. The molecule has 100 valence electrons. The van der Waals surface area contributed by atoms with E-state index in [0.717, 1.165) is 6.07 Å². The summed E-state index contributed by atoms with van der Waals surface area (Å²) in [7, 11) is 1.43. The van der Waals surface area contributed by atoms with E-state index in [-0.39, 0.29) is 12.2 Å². The third-order valence-electron chi connectivity index (χ3n) is 2.97. The maximum Gasteiger partial charge on any atom is 0.254 e. The number of carbonyl (C=O) groups excluding carboxylic acids is 1. The van der Waals surface area contributed by atoms with Crippen LogP contribution in [0.1, 0.15) is 30.6 Å². The number of methoxy groups -OCH3 is 1. The summed E-state index contributed by atoms with van der Waals surface area (Å²) in [5.41, 5.74) is -0.812. The zero-order valence-electron chi connectivity index (χ0n) is 10.8. The smallest absolute Gasteiger partial charge is 0.254 e. The van der Waals surface area contributed by atoms with Crippen LogP contribution in [0.2, 0.25) is 0 Å². The normalized spacial score (nSPS) is 13.8. The standard InChI is InChI=1S/C13H18FNO3/c1-4-13(2,8-16)15-12(17)10-6-5-9(18-3)7-11(10)14/h5-7,16H,4,8H2,1-3H3,(H,15,17). The Kier molecular flexibility index (Phi) is 4.67. The summed E-state index contributed by atoms with van der Waals surface area (Å²) in [4.78, 5) is 11.9. The van der Waals surface area contributed by atoms with Crippen LogP contribution in [-0.4, -0.2) is 30.3 Å². The highest BCUT2D eigenvalue weighted by Gasteiger charge is 2.25. The molecule has 5 heteroatoms. The van der Waals surface area contributed by atoms with Gasteiger partial charge in [-0.05, 0) is 25.5 Å². The lowest BCUT2D eigenvalue weighted by Crippen LogP contribution is -2.48. The van der Waals surface area contributed by atoms with Gasteiger partial charge in [0.05, 0.1) is 24.8 Å². The van der Waals surface area contributed by atoms with Crippen molar-refractivity contribution in [3.8, 4) is 5.75 Å². The van der Waals surface area contributed by atoms with Crippen LogP contribution < -0.4 is 10.1 Å². The van der Waals surface area contributed by atoms with Crippen molar-refractivity contribution in [2.75, 3.05) is 13.7 Å². The van der Waals surface area contributed by atoms with Gasteiger partial charge in [-0.1, -0.05) is 6.92 Å². The van der Waals surface area contributed by atoms with Crippen molar-refractivity contribution < 1.29 is 19.0 Å². The van der Waals surface area contributed by atoms with Crippen LogP contribution >= 0.6 is 0 Å². The van der Waals surface area contributed by atoms with Gasteiger partial charge < -0.3 is 15.2 Å². The molecule has 18 heavy (non-hydrogen) atoms. The van der Waals surface area contributed by atoms with Gasteiger partial charge in [0.1, 0.15) is 11.6 Å². The van der Waals surface area contributed by atoms with Crippen molar-refractivity contribution >= 4 is 5.91 Å². The molecule has 0 saturated carbocycles. The van der Waals surface area contributed by atoms with Gasteiger partial charge in [-0.15, -0.1) is 0 Å². The molecule has 0 aliphatic rings. The van der Waals surface area contributed by atoms with Crippen molar-refractivity contribution in [3.05, 3.63) is 29.6 Å². The van der Waals surface area contributed by atoms with Crippen LogP contribution in [0.3, 0.4) is 0 Å². The molecule has 1 unspecified atom stereocenters. The summed E-state index contributed by atoms with van der Waals surface area (Å²) < 4.78 is 18.5. The van der Waals surface area contributed by atoms with E-state index in [9.17, 15) is 14.3 Å². The fraction of sp³-hybridized carbons (Fsp3) is 0.462. The van der Waals surface area contributed by atoms with E-state index in [1.807, 2.05) is 6.92 Å². The highest BCUT2D eigenvalue weighted by molar-refractivity contribution is 5.95. The Bertz CT molecular complexity index is 430. The largest absolute Gasteiger partial charge is 0.497 e. The first-order valence-corrected chi connectivity index (χ1v) is 5.72. The van der Waals surface area contributed by atoms with Gasteiger partial charge >= 0.3 is 0 Å². The fourth-order valence-electron chi connectivity index (χ4n) is 1.39. The SMILES string of the molecule is CCC(C)(CO)NC(=O)c1ccc(OC)cc1F. The maximum absolute atomic E-state index is 13.7. The molecule has 1 aromatic rings. The Morgan fingerprint density at radius 2 is 2.22 bits per heavy atom. The summed E-state index contributed by atoms with van der Waals surface area (Å²) >= 11 is 0. The van der Waals surface area contributed by atoms with Crippen molar-refractivity contribution in [3.63, 3.8) is 0 Å². The molecular formula is C13H18FNO3. The Hall–Kier alpha value is -1.62. The van der Waals surface area contributed by atoms with Crippen molar-refractivity contribution in [1.29, 1.82) is 0 Å². The molecule has 0 bridgehead atoms. The summed E-state index contributed by atoms with van der Waals surface area (Å²) in [5, 5.41) is 11.8. The van der Waals surface area contributed by atoms with Crippen molar-refractivity contribution in [1.82, 2.24) is 5.32 Å². The third-order valence-corrected chi connectivity index (χ3v) is 2.97. The molecule has 1 aromatic carbocycles. The molecule has 4 nitrogen and oxygen atoms in total. The van der Waals surface area contributed by atoms with E-state index in [0.29, 0.717) is 12.2 Å². The highest BCUT2D eigenvalue weighted by Crippen LogP contribution is 2.17. The van der Waals surface area contributed by atoms with E-state index in [1.54, 1.807) is 6.92 Å². The average molecular weight is 255 g/mol. The minimum atomic E-state index is -0.747. The molecule has 0 spiro atoms. The molecular weight excluding hydrogens is 237 g/mol. The number of halogens is 1. The highest BCUT2D eigenvalue weighted by atomic mass is 19.1. The predicted molar refractivity (Wildman–Crippen MR) is 66.2 cm³/mol. The number of aliphatic hydroxyl groups excluding tert-OH is 1. The minimum Gasteiger partial charge on any atom is -0.497 e. The Balaban J connectivity index is 2.91. The number of ether oxygens (including phenoxy) is 1. The second-order valence-corrected chi connectivity index (χ2v) is 4.37. The van der Waals surface area contributed by atoms with E-state index in [1.165, 1.54) is 19.2 Å². The van der Waals surface area contributed by atoms with Gasteiger partial charge in [0, 0.05) is 6.07 Å². The molecule has 1 amide bonds. The fourth-order valence-corrected chi connectivity index (χ4v) is 1.39. The second-order valence-electron chi connectivity index (χ2n) is 4.37. The quantitative estimate of drug-likeness (QED) is 0.842. The van der Waals surface area contributed by atoms with Crippen molar-refractivity contribution in [2.24, 2.45) is 0 Å². The number of hydrogen-bond acceptors (Lipinski definition) is 3. The van der Waals surface area contributed by atoms with Crippen LogP contribution in [0.4, 0.5) is 4.39 Å². The first kappa shape index (κ1) is 14.4. The average Bonchev–Trinajstić information content (AvgIpc) is 2.38. The van der Waals surface area contributed by atoms with Gasteiger partial charge in [0.25, 0.3) is 5.91 Å². The van der Waals surface area contributed by atoms with Gasteiger partial charge in [0.2, 0.25) is 0 Å². The number of amides is 1. The van der Waals surface area contributed by atoms with E-state index in [2.05, 4.69) is 5.32 Å². The molecule has 2 N–H and O–H groups in total. The Morgan fingerprint density at radius 1 is 1.56 bits per heavy atom. The zero-order chi connectivity index (χ0) is 13.8. The van der Waals surface area contributed by atoms with Gasteiger partial charge in [-0.3, -0.25) is 4.79 Å². The van der Waals surface area contributed by atoms with E-state index in [4.69, 9.17) is 4.74 Å². The summed E-state index contributed by atoms with van der Waals surface area (Å²) in [6.45, 7) is 3.33. The molecule has 0 heterocycles.